The van der Waals surface area contributed by atoms with E-state index in [2.05, 4.69) is 5.32 Å². The average Bonchev–Trinajstić information content (AvgIpc) is 2.82. The summed E-state index contributed by atoms with van der Waals surface area (Å²) in [5.74, 6) is 0.641. The zero-order valence-corrected chi connectivity index (χ0v) is 12.6. The molecule has 2 aliphatic rings. The minimum Gasteiger partial charge on any atom is -0.488 e. The van der Waals surface area contributed by atoms with Gasteiger partial charge in [0.25, 0.3) is 0 Å². The third kappa shape index (κ3) is 3.37. The van der Waals surface area contributed by atoms with Crippen molar-refractivity contribution in [1.29, 1.82) is 0 Å². The topological polar surface area (TPSA) is 90.7 Å². The Morgan fingerprint density at radius 1 is 1.24 bits per heavy atom. The Labute approximate surface area is 124 Å². The number of ether oxygens (including phenoxy) is 2. The number of hydrogen-bond acceptors (Lipinski definition) is 5. The van der Waals surface area contributed by atoms with E-state index in [0.717, 1.165) is 32.4 Å². The van der Waals surface area contributed by atoms with Gasteiger partial charge in [-0.15, -0.1) is 0 Å². The van der Waals surface area contributed by atoms with Crippen molar-refractivity contribution in [3.05, 3.63) is 24.3 Å². The van der Waals surface area contributed by atoms with E-state index in [1.165, 1.54) is 12.1 Å². The fraction of sp³-hybridized carbons (Fsp3) is 0.571. The highest BCUT2D eigenvalue weighted by Gasteiger charge is 2.42. The zero-order chi connectivity index (χ0) is 14.9. The fourth-order valence-corrected chi connectivity index (χ4v) is 3.52. The molecule has 2 fully saturated rings. The van der Waals surface area contributed by atoms with E-state index >= 15 is 0 Å². The van der Waals surface area contributed by atoms with Gasteiger partial charge in [0.05, 0.1) is 17.1 Å². The Morgan fingerprint density at radius 2 is 1.90 bits per heavy atom. The monoisotopic (exact) mass is 312 g/mol. The van der Waals surface area contributed by atoms with Crippen LogP contribution < -0.4 is 15.2 Å². The Balaban J connectivity index is 1.62. The molecule has 6 nitrogen and oxygen atoms in total. The van der Waals surface area contributed by atoms with Crippen molar-refractivity contribution < 1.29 is 17.9 Å². The Bertz CT molecular complexity index is 594. The quantitative estimate of drug-likeness (QED) is 0.854. The highest BCUT2D eigenvalue weighted by Crippen LogP contribution is 2.35. The number of nitrogens with one attached hydrogen (secondary N) is 1. The molecule has 0 aliphatic carbocycles. The molecule has 3 rings (SSSR count). The number of hydrogen-bond donors (Lipinski definition) is 2. The second-order valence-electron chi connectivity index (χ2n) is 5.70. The Morgan fingerprint density at radius 3 is 2.52 bits per heavy atom. The van der Waals surface area contributed by atoms with Crippen LogP contribution in [0.25, 0.3) is 0 Å². The van der Waals surface area contributed by atoms with Gasteiger partial charge < -0.3 is 14.8 Å². The second-order valence-corrected chi connectivity index (χ2v) is 7.27. The van der Waals surface area contributed by atoms with E-state index in [-0.39, 0.29) is 16.6 Å². The lowest BCUT2D eigenvalue weighted by Crippen LogP contribution is -2.41. The van der Waals surface area contributed by atoms with Crippen LogP contribution in [0.15, 0.2) is 29.2 Å². The Kier molecular flexibility index (Phi) is 3.92. The van der Waals surface area contributed by atoms with Crippen LogP contribution in [0.4, 0.5) is 0 Å². The summed E-state index contributed by atoms with van der Waals surface area (Å²) in [5.41, 5.74) is -0.0452. The molecule has 0 saturated carbocycles. The van der Waals surface area contributed by atoms with Crippen LogP contribution in [0, 0.1) is 0 Å². The van der Waals surface area contributed by atoms with Gasteiger partial charge >= 0.3 is 0 Å². The van der Waals surface area contributed by atoms with Crippen LogP contribution >= 0.6 is 0 Å². The summed E-state index contributed by atoms with van der Waals surface area (Å²) in [4.78, 5) is 0.0901. The van der Waals surface area contributed by atoms with Crippen LogP contribution in [-0.4, -0.2) is 39.8 Å². The molecule has 2 heterocycles. The summed E-state index contributed by atoms with van der Waals surface area (Å²) in [7, 11) is -3.66. The number of sulfonamides is 1. The first-order valence-electron chi connectivity index (χ1n) is 7.11. The third-order valence-electron chi connectivity index (χ3n) is 4.14. The third-order valence-corrected chi connectivity index (χ3v) is 5.07. The molecular weight excluding hydrogens is 292 g/mol. The van der Waals surface area contributed by atoms with Gasteiger partial charge in [-0.25, -0.2) is 13.6 Å². The van der Waals surface area contributed by atoms with Crippen LogP contribution in [0.3, 0.4) is 0 Å². The number of benzene rings is 1. The molecule has 1 unspecified atom stereocenters. The number of primary sulfonamides is 1. The lowest BCUT2D eigenvalue weighted by molar-refractivity contribution is -0.0205. The molecule has 1 aromatic rings. The van der Waals surface area contributed by atoms with E-state index in [4.69, 9.17) is 14.6 Å². The standard InChI is InChI=1S/C14H20N2O4S/c15-21(17,18)13-3-1-11(2-4-13)20-12-9-14(19-10-12)5-7-16-8-6-14/h1-4,12,16H,5-10H2,(H2,15,17,18). The summed E-state index contributed by atoms with van der Waals surface area (Å²) >= 11 is 0. The predicted molar refractivity (Wildman–Crippen MR) is 77.6 cm³/mol. The maximum absolute atomic E-state index is 11.2. The number of nitrogens with two attached hydrogens (primary N) is 1. The van der Waals surface area contributed by atoms with Gasteiger partial charge in [0.2, 0.25) is 10.0 Å². The van der Waals surface area contributed by atoms with E-state index < -0.39 is 10.0 Å². The SMILES string of the molecule is NS(=O)(=O)c1ccc(OC2COC3(CCNCC3)C2)cc1. The van der Waals surface area contributed by atoms with Gasteiger partial charge in [-0.05, 0) is 50.2 Å². The molecule has 0 radical (unpaired) electrons. The first kappa shape index (κ1) is 14.8. The van der Waals surface area contributed by atoms with Gasteiger partial charge in [0.15, 0.2) is 0 Å². The van der Waals surface area contributed by atoms with Crippen molar-refractivity contribution in [2.45, 2.75) is 35.9 Å². The van der Waals surface area contributed by atoms with E-state index in [9.17, 15) is 8.42 Å². The molecule has 7 heteroatoms. The molecule has 1 atom stereocenters. The summed E-state index contributed by atoms with van der Waals surface area (Å²) in [6.07, 6.45) is 2.92. The van der Waals surface area contributed by atoms with Crippen LogP contribution in [0.1, 0.15) is 19.3 Å². The van der Waals surface area contributed by atoms with Gasteiger partial charge in [-0.2, -0.15) is 0 Å². The zero-order valence-electron chi connectivity index (χ0n) is 11.7. The highest BCUT2D eigenvalue weighted by molar-refractivity contribution is 7.89. The summed E-state index contributed by atoms with van der Waals surface area (Å²) < 4.78 is 34.3. The molecule has 0 bridgehead atoms. The van der Waals surface area contributed by atoms with Crippen molar-refractivity contribution in [3.8, 4) is 5.75 Å². The molecular formula is C14H20N2O4S. The van der Waals surface area contributed by atoms with Crippen molar-refractivity contribution in [1.82, 2.24) is 5.32 Å². The van der Waals surface area contributed by atoms with Gasteiger partial charge in [0, 0.05) is 6.42 Å². The predicted octanol–water partition coefficient (Wildman–Crippen LogP) is 0.624. The van der Waals surface area contributed by atoms with Gasteiger partial charge in [-0.3, -0.25) is 0 Å². The van der Waals surface area contributed by atoms with Crippen molar-refractivity contribution >= 4 is 10.0 Å². The maximum atomic E-state index is 11.2. The summed E-state index contributed by atoms with van der Waals surface area (Å²) in [6.45, 7) is 2.54. The first-order valence-corrected chi connectivity index (χ1v) is 8.66. The Hall–Kier alpha value is -1.15. The molecule has 21 heavy (non-hydrogen) atoms. The summed E-state index contributed by atoms with van der Waals surface area (Å²) in [6, 6.07) is 6.18. The van der Waals surface area contributed by atoms with Gasteiger partial charge in [0.1, 0.15) is 11.9 Å². The lowest BCUT2D eigenvalue weighted by atomic mass is 9.89. The number of piperidine rings is 1. The van der Waals surface area contributed by atoms with Gasteiger partial charge in [-0.1, -0.05) is 0 Å². The highest BCUT2D eigenvalue weighted by atomic mass is 32.2. The van der Waals surface area contributed by atoms with Crippen LogP contribution in [0.2, 0.25) is 0 Å². The van der Waals surface area contributed by atoms with Crippen molar-refractivity contribution in [2.24, 2.45) is 5.14 Å². The molecule has 116 valence electrons. The fourth-order valence-electron chi connectivity index (χ4n) is 3.01. The average molecular weight is 312 g/mol. The normalized spacial score (nSPS) is 25.1. The van der Waals surface area contributed by atoms with Crippen LogP contribution in [0.5, 0.6) is 5.75 Å². The molecule has 1 aromatic carbocycles. The molecule has 0 amide bonds. The van der Waals surface area contributed by atoms with E-state index in [1.54, 1.807) is 12.1 Å². The molecule has 1 spiro atoms. The minimum absolute atomic E-state index is 0.0171. The van der Waals surface area contributed by atoms with E-state index in [0.29, 0.717) is 12.4 Å². The minimum atomic E-state index is -3.66. The summed E-state index contributed by atoms with van der Waals surface area (Å²) in [5, 5.41) is 8.40. The maximum Gasteiger partial charge on any atom is 0.238 e. The molecule has 0 aromatic heterocycles. The van der Waals surface area contributed by atoms with Crippen LogP contribution in [-0.2, 0) is 14.8 Å². The van der Waals surface area contributed by atoms with Crippen molar-refractivity contribution in [3.63, 3.8) is 0 Å². The molecule has 2 aliphatic heterocycles. The van der Waals surface area contributed by atoms with E-state index in [1.807, 2.05) is 0 Å². The smallest absolute Gasteiger partial charge is 0.238 e. The second kappa shape index (κ2) is 5.57. The first-order chi connectivity index (χ1) is 9.97. The lowest BCUT2D eigenvalue weighted by Gasteiger charge is -2.32. The van der Waals surface area contributed by atoms with Crippen molar-refractivity contribution in [2.75, 3.05) is 19.7 Å². The number of rotatable bonds is 3. The molecule has 3 N–H and O–H groups in total. The largest absolute Gasteiger partial charge is 0.488 e. The molecule has 2 saturated heterocycles.